The quantitative estimate of drug-likeness (QED) is 0.141. The van der Waals surface area contributed by atoms with E-state index in [0.717, 1.165) is 29.0 Å². The number of para-hydroxylation sites is 2. The summed E-state index contributed by atoms with van der Waals surface area (Å²) in [6.07, 6.45) is 0.852. The summed E-state index contributed by atoms with van der Waals surface area (Å²) < 4.78 is 2.35. The minimum atomic E-state index is 0.852. The average Bonchev–Trinajstić information content (AvgIpc) is 3.55. The second-order valence-electron chi connectivity index (χ2n) is 12.9. The third-order valence-corrected chi connectivity index (χ3v) is 10.3. The lowest BCUT2D eigenvalue weighted by molar-refractivity contribution is 0.913. The Bertz CT molecular complexity index is 2870. The molecule has 0 unspecified atom stereocenters. The van der Waals surface area contributed by atoms with Gasteiger partial charge in [-0.3, -0.25) is 4.57 Å². The van der Waals surface area contributed by atoms with Gasteiger partial charge in [-0.2, -0.15) is 0 Å². The van der Waals surface area contributed by atoms with Crippen LogP contribution >= 0.6 is 0 Å². The van der Waals surface area contributed by atoms with Crippen molar-refractivity contribution in [2.45, 2.75) is 13.3 Å². The highest BCUT2D eigenvalue weighted by atomic mass is 15.1. The van der Waals surface area contributed by atoms with E-state index >= 15 is 0 Å². The number of aromatic nitrogens is 2. The van der Waals surface area contributed by atoms with E-state index in [-0.39, 0.29) is 0 Å². The largest absolute Gasteiger partial charge is 0.296 e. The van der Waals surface area contributed by atoms with Crippen molar-refractivity contribution in [3.63, 3.8) is 0 Å². The number of aryl methyl sites for hydroxylation is 1. The van der Waals surface area contributed by atoms with Gasteiger partial charge in [-0.15, -0.1) is 0 Å². The minimum absolute atomic E-state index is 0.852. The van der Waals surface area contributed by atoms with Gasteiger partial charge in [0, 0.05) is 11.8 Å². The van der Waals surface area contributed by atoms with Crippen LogP contribution in [0.5, 0.6) is 0 Å². The lowest BCUT2D eigenvalue weighted by atomic mass is 9.83. The first kappa shape index (κ1) is 27.8. The van der Waals surface area contributed by atoms with E-state index in [1.165, 1.54) is 76.1 Å². The number of nitrogens with zero attached hydrogens (tertiary/aromatic N) is 2. The molecule has 0 atom stereocenters. The van der Waals surface area contributed by atoms with Gasteiger partial charge >= 0.3 is 0 Å². The Morgan fingerprint density at radius 1 is 0.429 bits per heavy atom. The maximum Gasteiger partial charge on any atom is 0.114 e. The molecule has 0 aliphatic rings. The lowest BCUT2D eigenvalue weighted by Gasteiger charge is -2.21. The summed E-state index contributed by atoms with van der Waals surface area (Å²) >= 11 is 0. The minimum Gasteiger partial charge on any atom is -0.296 e. The molecule has 0 aliphatic carbocycles. The lowest BCUT2D eigenvalue weighted by Crippen LogP contribution is -2.01. The van der Waals surface area contributed by atoms with Gasteiger partial charge in [-0.1, -0.05) is 146 Å². The molecule has 0 saturated heterocycles. The van der Waals surface area contributed by atoms with Crippen LogP contribution in [0.2, 0.25) is 0 Å². The Hall–Kier alpha value is -6.25. The van der Waals surface area contributed by atoms with Gasteiger partial charge in [0.05, 0.1) is 16.7 Å². The van der Waals surface area contributed by atoms with Crippen molar-refractivity contribution in [3.05, 3.63) is 170 Å². The van der Waals surface area contributed by atoms with E-state index in [1.807, 2.05) is 0 Å². The fraction of sp³-hybridized carbons (Fsp3) is 0.0426. The third-order valence-electron chi connectivity index (χ3n) is 10.3. The van der Waals surface area contributed by atoms with E-state index < -0.39 is 0 Å². The molecule has 10 aromatic rings. The standard InChI is InChI=1S/C47H32N2/c1-2-45-48-42-25-13-14-26-44(42)49(45)43-28-27-40(34-19-7-8-20-35(34)43)46-36-21-9-11-23-38(36)47(39-24-12-10-22-37(39)46)41-29-30-15-3-4-16-31(30)32-17-5-6-18-33(32)41/h3-29H,2H2,1H3. The van der Waals surface area contributed by atoms with Crippen molar-refractivity contribution in [1.82, 2.24) is 9.55 Å². The highest BCUT2D eigenvalue weighted by Gasteiger charge is 2.21. The topological polar surface area (TPSA) is 17.8 Å². The van der Waals surface area contributed by atoms with Crippen LogP contribution in [0, 0.1) is 0 Å². The maximum atomic E-state index is 5.02. The van der Waals surface area contributed by atoms with Gasteiger partial charge < -0.3 is 0 Å². The Labute approximate surface area is 284 Å². The molecule has 0 aliphatic heterocycles. The van der Waals surface area contributed by atoms with Gasteiger partial charge in [0.2, 0.25) is 0 Å². The van der Waals surface area contributed by atoms with Crippen molar-refractivity contribution in [1.29, 1.82) is 0 Å². The average molecular weight is 625 g/mol. The predicted molar refractivity (Wildman–Crippen MR) is 209 cm³/mol. The number of hydrogen-bond acceptors (Lipinski definition) is 1. The molecular formula is C47H32N2. The number of rotatable bonds is 4. The molecular weight excluding hydrogens is 593 g/mol. The molecule has 230 valence electrons. The van der Waals surface area contributed by atoms with Crippen LogP contribution in [-0.4, -0.2) is 9.55 Å². The van der Waals surface area contributed by atoms with Gasteiger partial charge in [-0.05, 0) is 95.0 Å². The molecule has 0 amide bonds. The molecule has 0 bridgehead atoms. The molecule has 9 aromatic carbocycles. The van der Waals surface area contributed by atoms with E-state index in [1.54, 1.807) is 0 Å². The second-order valence-corrected chi connectivity index (χ2v) is 12.9. The predicted octanol–water partition coefficient (Wildman–Crippen LogP) is 12.7. The first-order chi connectivity index (χ1) is 24.3. The summed E-state index contributed by atoms with van der Waals surface area (Å²) in [6, 6.07) is 60.0. The molecule has 10 rings (SSSR count). The zero-order valence-electron chi connectivity index (χ0n) is 27.2. The van der Waals surface area contributed by atoms with Crippen molar-refractivity contribution < 1.29 is 0 Å². The first-order valence-electron chi connectivity index (χ1n) is 17.1. The van der Waals surface area contributed by atoms with Gasteiger partial charge in [0.1, 0.15) is 5.82 Å². The van der Waals surface area contributed by atoms with Crippen LogP contribution in [0.4, 0.5) is 0 Å². The Kier molecular flexibility index (Phi) is 6.19. The number of fused-ring (bicyclic) bond motifs is 7. The number of imidazole rings is 1. The molecule has 2 nitrogen and oxygen atoms in total. The number of hydrogen-bond donors (Lipinski definition) is 0. The van der Waals surface area contributed by atoms with Crippen LogP contribution in [0.1, 0.15) is 12.7 Å². The fourth-order valence-corrected chi connectivity index (χ4v) is 8.25. The molecule has 0 radical (unpaired) electrons. The molecule has 1 heterocycles. The number of benzene rings is 9. The summed E-state index contributed by atoms with van der Waals surface area (Å²) in [5.41, 5.74) is 8.40. The van der Waals surface area contributed by atoms with E-state index in [4.69, 9.17) is 4.98 Å². The molecule has 0 saturated carbocycles. The third kappa shape index (κ3) is 4.11. The normalized spacial score (nSPS) is 11.9. The van der Waals surface area contributed by atoms with Gasteiger partial charge in [0.15, 0.2) is 0 Å². The summed E-state index contributed by atoms with van der Waals surface area (Å²) in [4.78, 5) is 5.02. The Balaban J connectivity index is 1.32. The Morgan fingerprint density at radius 2 is 0.918 bits per heavy atom. The Morgan fingerprint density at radius 3 is 1.57 bits per heavy atom. The van der Waals surface area contributed by atoms with Gasteiger partial charge in [0.25, 0.3) is 0 Å². The van der Waals surface area contributed by atoms with Crippen molar-refractivity contribution in [3.8, 4) is 27.9 Å². The van der Waals surface area contributed by atoms with Crippen LogP contribution in [-0.2, 0) is 6.42 Å². The van der Waals surface area contributed by atoms with E-state index in [9.17, 15) is 0 Å². The summed E-state index contributed by atoms with van der Waals surface area (Å²) in [5.74, 6) is 1.07. The summed E-state index contributed by atoms with van der Waals surface area (Å²) in [7, 11) is 0. The maximum absolute atomic E-state index is 5.02. The molecule has 2 heteroatoms. The monoisotopic (exact) mass is 624 g/mol. The van der Waals surface area contributed by atoms with Crippen molar-refractivity contribution in [2.75, 3.05) is 0 Å². The molecule has 0 N–H and O–H groups in total. The SMILES string of the molecule is CCc1nc2ccccc2n1-c1ccc(-c2c3ccccc3c(-c3cc4ccccc4c4ccccc34)c3ccccc23)c2ccccc12. The summed E-state index contributed by atoms with van der Waals surface area (Å²) in [5, 5.41) is 12.6. The van der Waals surface area contributed by atoms with E-state index in [2.05, 4.69) is 175 Å². The zero-order valence-corrected chi connectivity index (χ0v) is 27.2. The van der Waals surface area contributed by atoms with E-state index in [0.29, 0.717) is 0 Å². The van der Waals surface area contributed by atoms with Crippen molar-refractivity contribution >= 4 is 64.9 Å². The van der Waals surface area contributed by atoms with Crippen LogP contribution < -0.4 is 0 Å². The zero-order chi connectivity index (χ0) is 32.5. The van der Waals surface area contributed by atoms with Gasteiger partial charge in [-0.25, -0.2) is 4.98 Å². The molecule has 0 spiro atoms. The molecule has 1 aromatic heterocycles. The molecule has 0 fully saturated rings. The second kappa shape index (κ2) is 10.9. The summed E-state index contributed by atoms with van der Waals surface area (Å²) in [6.45, 7) is 2.19. The highest BCUT2D eigenvalue weighted by molar-refractivity contribution is 6.27. The molecule has 49 heavy (non-hydrogen) atoms. The van der Waals surface area contributed by atoms with Crippen molar-refractivity contribution in [2.24, 2.45) is 0 Å². The first-order valence-corrected chi connectivity index (χ1v) is 17.1. The van der Waals surface area contributed by atoms with Crippen LogP contribution in [0.25, 0.3) is 92.8 Å². The smallest absolute Gasteiger partial charge is 0.114 e. The van der Waals surface area contributed by atoms with Crippen LogP contribution in [0.3, 0.4) is 0 Å². The highest BCUT2D eigenvalue weighted by Crippen LogP contribution is 2.48. The van der Waals surface area contributed by atoms with Crippen LogP contribution in [0.15, 0.2) is 164 Å². The fourth-order valence-electron chi connectivity index (χ4n) is 8.25.